The molecule has 0 aliphatic heterocycles. The maximum Gasteiger partial charge on any atom is 0.334 e. The van der Waals surface area contributed by atoms with Crippen molar-refractivity contribution in [1.82, 2.24) is 0 Å². The second-order valence-corrected chi connectivity index (χ2v) is 5.18. The summed E-state index contributed by atoms with van der Waals surface area (Å²) in [6.45, 7) is 7.90. The second-order valence-electron chi connectivity index (χ2n) is 5.18. The zero-order chi connectivity index (χ0) is 18.5. The number of Topliss-reactive ketones (excluding diaryl/α,β-unsaturated/α-hetero) is 1. The molecule has 3 unspecified atom stereocenters. The van der Waals surface area contributed by atoms with Gasteiger partial charge in [-0.05, 0) is 27.2 Å². The highest BCUT2D eigenvalue weighted by atomic mass is 16.6. The first kappa shape index (κ1) is 22.5. The van der Waals surface area contributed by atoms with Gasteiger partial charge < -0.3 is 24.1 Å². The summed E-state index contributed by atoms with van der Waals surface area (Å²) < 4.78 is 20.5. The Morgan fingerprint density at radius 1 is 1.00 bits per heavy atom. The van der Waals surface area contributed by atoms with E-state index in [2.05, 4.69) is 0 Å². The van der Waals surface area contributed by atoms with E-state index in [9.17, 15) is 19.5 Å². The molecular weight excluding hydrogens is 320 g/mol. The van der Waals surface area contributed by atoms with Gasteiger partial charge in [0, 0.05) is 6.61 Å². The maximum absolute atomic E-state index is 12.1. The van der Waals surface area contributed by atoms with Crippen molar-refractivity contribution in [1.29, 1.82) is 0 Å². The topological polar surface area (TPSA) is 108 Å². The van der Waals surface area contributed by atoms with Crippen molar-refractivity contribution >= 4 is 17.7 Å². The van der Waals surface area contributed by atoms with E-state index in [1.165, 1.54) is 0 Å². The fourth-order valence-electron chi connectivity index (χ4n) is 1.77. The average Bonchev–Trinajstić information content (AvgIpc) is 2.51. The van der Waals surface area contributed by atoms with Gasteiger partial charge in [-0.2, -0.15) is 0 Å². The molecule has 0 aliphatic carbocycles. The number of ketones is 1. The molecule has 0 spiro atoms. The second kappa shape index (κ2) is 12.9. The van der Waals surface area contributed by atoms with Crippen LogP contribution in [0.4, 0.5) is 0 Å². The van der Waals surface area contributed by atoms with E-state index < -0.39 is 35.8 Å². The van der Waals surface area contributed by atoms with Crippen molar-refractivity contribution in [2.45, 2.75) is 46.3 Å². The molecule has 0 radical (unpaired) electrons. The van der Waals surface area contributed by atoms with Crippen LogP contribution in [0.2, 0.25) is 0 Å². The molecule has 1 N–H and O–H groups in total. The van der Waals surface area contributed by atoms with E-state index in [1.807, 2.05) is 13.8 Å². The Morgan fingerprint density at radius 2 is 1.58 bits per heavy atom. The van der Waals surface area contributed by atoms with Gasteiger partial charge in [0.05, 0.1) is 32.5 Å². The van der Waals surface area contributed by atoms with Crippen LogP contribution in [-0.4, -0.2) is 68.1 Å². The molecule has 0 bridgehead atoms. The van der Waals surface area contributed by atoms with Crippen LogP contribution in [0.3, 0.4) is 0 Å². The fraction of sp³-hybridized carbons (Fsp3) is 0.812. The van der Waals surface area contributed by atoms with E-state index in [0.717, 1.165) is 6.92 Å². The molecule has 24 heavy (non-hydrogen) atoms. The number of hydrogen-bond acceptors (Lipinski definition) is 7. The number of aliphatic carboxylic acids is 1. The minimum absolute atomic E-state index is 0.0660. The molecule has 8 nitrogen and oxygen atoms in total. The predicted molar refractivity (Wildman–Crippen MR) is 84.7 cm³/mol. The Labute approximate surface area is 142 Å². The first-order chi connectivity index (χ1) is 11.3. The number of ether oxygens (including phenoxy) is 4. The molecule has 0 aromatic carbocycles. The van der Waals surface area contributed by atoms with Crippen molar-refractivity contribution < 1.29 is 38.4 Å². The zero-order valence-corrected chi connectivity index (χ0v) is 14.8. The molecule has 0 saturated heterocycles. The lowest BCUT2D eigenvalue weighted by Gasteiger charge is -2.22. The van der Waals surface area contributed by atoms with Crippen LogP contribution in [0.25, 0.3) is 0 Å². The van der Waals surface area contributed by atoms with Crippen molar-refractivity contribution in [3.8, 4) is 0 Å². The van der Waals surface area contributed by atoms with Crippen LogP contribution in [-0.2, 0) is 33.3 Å². The molecule has 8 heteroatoms. The molecule has 3 atom stereocenters. The normalized spacial score (nSPS) is 14.7. The van der Waals surface area contributed by atoms with Crippen molar-refractivity contribution in [3.63, 3.8) is 0 Å². The number of carbonyl (C=O) groups excluding carboxylic acids is 2. The Kier molecular flexibility index (Phi) is 12.0. The van der Waals surface area contributed by atoms with Crippen LogP contribution in [0, 0.1) is 5.92 Å². The summed E-state index contributed by atoms with van der Waals surface area (Å²) >= 11 is 0. The van der Waals surface area contributed by atoms with E-state index in [0.29, 0.717) is 26.2 Å². The number of carboxylic acid groups (broad SMARTS) is 1. The van der Waals surface area contributed by atoms with Crippen molar-refractivity contribution in [2.75, 3.05) is 33.0 Å². The zero-order valence-electron chi connectivity index (χ0n) is 14.8. The Hall–Kier alpha value is -1.51. The smallest absolute Gasteiger partial charge is 0.334 e. The fourth-order valence-corrected chi connectivity index (χ4v) is 1.77. The van der Waals surface area contributed by atoms with Gasteiger partial charge in [0.25, 0.3) is 0 Å². The highest BCUT2D eigenvalue weighted by molar-refractivity contribution is 6.02. The van der Waals surface area contributed by atoms with Crippen molar-refractivity contribution in [2.24, 2.45) is 5.92 Å². The molecule has 140 valence electrons. The molecule has 0 rings (SSSR count). The van der Waals surface area contributed by atoms with Crippen LogP contribution in [0.1, 0.15) is 34.1 Å². The van der Waals surface area contributed by atoms with Crippen LogP contribution in [0.5, 0.6) is 0 Å². The number of carboxylic acids is 1. The van der Waals surface area contributed by atoms with E-state index >= 15 is 0 Å². The quantitative estimate of drug-likeness (QED) is 0.282. The number of carbonyl (C=O) groups is 3. The van der Waals surface area contributed by atoms with E-state index in [4.69, 9.17) is 18.9 Å². The third-order valence-electron chi connectivity index (χ3n) is 3.23. The standard InChI is InChI=1S/C16H28O8/c1-5-11(3)24-16(20)13(12(4)17)14(15(18)19)23-10-9-22-8-7-21-6-2/h11,13-14H,5-10H2,1-4H3,(H,18,19). The average molecular weight is 348 g/mol. The minimum atomic E-state index is -1.60. The Bertz CT molecular complexity index is 396. The third kappa shape index (κ3) is 8.95. The number of rotatable bonds is 14. The highest BCUT2D eigenvalue weighted by Crippen LogP contribution is 2.15. The van der Waals surface area contributed by atoms with Gasteiger partial charge in [-0.1, -0.05) is 6.92 Å². The third-order valence-corrected chi connectivity index (χ3v) is 3.23. The van der Waals surface area contributed by atoms with E-state index in [-0.39, 0.29) is 13.2 Å². The Morgan fingerprint density at radius 3 is 2.08 bits per heavy atom. The lowest BCUT2D eigenvalue weighted by Crippen LogP contribution is -2.43. The van der Waals surface area contributed by atoms with Gasteiger partial charge in [0.2, 0.25) is 0 Å². The molecule has 0 saturated carbocycles. The summed E-state index contributed by atoms with van der Waals surface area (Å²) in [5.74, 6) is -4.40. The van der Waals surface area contributed by atoms with Gasteiger partial charge >= 0.3 is 11.9 Å². The van der Waals surface area contributed by atoms with Crippen LogP contribution < -0.4 is 0 Å². The summed E-state index contributed by atoms with van der Waals surface area (Å²) in [6.07, 6.45) is -1.45. The lowest BCUT2D eigenvalue weighted by atomic mass is 9.98. The molecule has 0 heterocycles. The summed E-state index contributed by atoms with van der Waals surface area (Å²) in [7, 11) is 0. The van der Waals surface area contributed by atoms with Gasteiger partial charge in [0.1, 0.15) is 5.78 Å². The maximum atomic E-state index is 12.1. The SMILES string of the molecule is CCOCCOCCOC(C(=O)O)C(C(C)=O)C(=O)OC(C)CC. The van der Waals surface area contributed by atoms with Gasteiger partial charge in [-0.15, -0.1) is 0 Å². The highest BCUT2D eigenvalue weighted by Gasteiger charge is 2.40. The minimum Gasteiger partial charge on any atom is -0.479 e. The van der Waals surface area contributed by atoms with E-state index in [1.54, 1.807) is 6.92 Å². The van der Waals surface area contributed by atoms with Gasteiger partial charge in [-0.25, -0.2) is 4.79 Å². The molecule has 0 aromatic rings. The Balaban J connectivity index is 4.58. The van der Waals surface area contributed by atoms with Crippen LogP contribution in [0.15, 0.2) is 0 Å². The van der Waals surface area contributed by atoms with Gasteiger partial charge in [-0.3, -0.25) is 9.59 Å². The summed E-state index contributed by atoms with van der Waals surface area (Å²) in [5, 5.41) is 9.26. The number of hydrogen-bond donors (Lipinski definition) is 1. The van der Waals surface area contributed by atoms with Gasteiger partial charge in [0.15, 0.2) is 12.0 Å². The largest absolute Gasteiger partial charge is 0.479 e. The summed E-state index contributed by atoms with van der Waals surface area (Å²) in [4.78, 5) is 35.2. The first-order valence-electron chi connectivity index (χ1n) is 8.05. The predicted octanol–water partition coefficient (Wildman–Crippen LogP) is 1.06. The first-order valence-corrected chi connectivity index (χ1v) is 8.05. The lowest BCUT2D eigenvalue weighted by molar-refractivity contribution is -0.173. The molecule has 0 amide bonds. The van der Waals surface area contributed by atoms with Crippen LogP contribution >= 0.6 is 0 Å². The molecular formula is C16H28O8. The molecule has 0 aromatic heterocycles. The molecule has 0 aliphatic rings. The monoisotopic (exact) mass is 348 g/mol. The summed E-state index contributed by atoms with van der Waals surface area (Å²) in [5.41, 5.74) is 0. The molecule has 0 fully saturated rings. The number of esters is 1. The van der Waals surface area contributed by atoms with Crippen molar-refractivity contribution in [3.05, 3.63) is 0 Å². The summed E-state index contributed by atoms with van der Waals surface area (Å²) in [6, 6.07) is 0.